The summed E-state index contributed by atoms with van der Waals surface area (Å²) < 4.78 is 10.7. The lowest BCUT2D eigenvalue weighted by Gasteiger charge is -2.20. The number of amides is 1. The zero-order valence-corrected chi connectivity index (χ0v) is 15.7. The van der Waals surface area contributed by atoms with Crippen molar-refractivity contribution >= 4 is 11.8 Å². The molecule has 0 aliphatic rings. The quantitative estimate of drug-likeness (QED) is 0.698. The molecule has 0 saturated carbocycles. The van der Waals surface area contributed by atoms with E-state index in [9.17, 15) is 4.79 Å². The van der Waals surface area contributed by atoms with Crippen molar-refractivity contribution in [2.75, 3.05) is 5.32 Å². The molecule has 140 valence electrons. The topological polar surface area (TPSA) is 77.2 Å². The first-order valence-corrected chi connectivity index (χ1v) is 8.87. The van der Waals surface area contributed by atoms with E-state index in [1.54, 1.807) is 0 Å². The van der Waals surface area contributed by atoms with Gasteiger partial charge >= 0.3 is 6.09 Å². The van der Waals surface area contributed by atoms with E-state index in [1.165, 1.54) is 0 Å². The van der Waals surface area contributed by atoms with Gasteiger partial charge in [0.15, 0.2) is 0 Å². The van der Waals surface area contributed by atoms with Gasteiger partial charge in [-0.05, 0) is 38.8 Å². The number of aromatic nitrogens is 2. The van der Waals surface area contributed by atoms with Gasteiger partial charge in [-0.2, -0.15) is 4.98 Å². The van der Waals surface area contributed by atoms with Crippen molar-refractivity contribution in [1.82, 2.24) is 10.1 Å². The van der Waals surface area contributed by atoms with E-state index in [0.29, 0.717) is 24.6 Å². The van der Waals surface area contributed by atoms with Crippen molar-refractivity contribution in [1.29, 1.82) is 0 Å². The highest BCUT2D eigenvalue weighted by Crippen LogP contribution is 2.20. The molecule has 3 aromatic rings. The molecule has 0 fully saturated rings. The largest absolute Gasteiger partial charge is 0.444 e. The fourth-order valence-corrected chi connectivity index (χ4v) is 2.58. The number of nitrogens with one attached hydrogen (secondary N) is 1. The third-order valence-corrected chi connectivity index (χ3v) is 3.76. The number of ether oxygens (including phenoxy) is 1. The van der Waals surface area contributed by atoms with Crippen molar-refractivity contribution in [3.05, 3.63) is 66.1 Å². The maximum atomic E-state index is 12.0. The molecule has 1 N–H and O–H groups in total. The molecular weight excluding hydrogens is 342 g/mol. The molecule has 0 radical (unpaired) electrons. The number of aryl methyl sites for hydroxylation is 2. The third-order valence-electron chi connectivity index (χ3n) is 3.76. The minimum absolute atomic E-state index is 0.473. The number of para-hydroxylation sites is 1. The summed E-state index contributed by atoms with van der Waals surface area (Å²) in [7, 11) is 0. The summed E-state index contributed by atoms with van der Waals surface area (Å²) in [4.78, 5) is 16.5. The predicted molar refractivity (Wildman–Crippen MR) is 103 cm³/mol. The maximum absolute atomic E-state index is 12.0. The zero-order valence-electron chi connectivity index (χ0n) is 15.7. The Kier molecular flexibility index (Phi) is 5.54. The van der Waals surface area contributed by atoms with Crippen LogP contribution in [0.3, 0.4) is 0 Å². The first-order chi connectivity index (χ1) is 12.9. The molecule has 0 spiro atoms. The molecule has 6 nitrogen and oxygen atoms in total. The summed E-state index contributed by atoms with van der Waals surface area (Å²) in [5.74, 6) is 1.13. The summed E-state index contributed by atoms with van der Waals surface area (Å²) >= 11 is 0. The first kappa shape index (κ1) is 18.6. The Morgan fingerprint density at radius 2 is 1.74 bits per heavy atom. The normalized spacial score (nSPS) is 11.2. The Morgan fingerprint density at radius 3 is 2.48 bits per heavy atom. The van der Waals surface area contributed by atoms with Gasteiger partial charge in [0.05, 0.1) is 0 Å². The fourth-order valence-electron chi connectivity index (χ4n) is 2.58. The maximum Gasteiger partial charge on any atom is 0.412 e. The Hall–Kier alpha value is -3.15. The molecule has 1 amide bonds. The second-order valence-corrected chi connectivity index (χ2v) is 7.16. The Balaban J connectivity index is 1.65. The van der Waals surface area contributed by atoms with Gasteiger partial charge in [-0.25, -0.2) is 4.79 Å². The van der Waals surface area contributed by atoms with E-state index in [2.05, 4.69) is 15.5 Å². The SMILES string of the molecule is CC(C)(C)OC(=O)Nc1ccccc1CCc1nc(-c2ccccc2)no1. The highest BCUT2D eigenvalue weighted by molar-refractivity contribution is 5.85. The second kappa shape index (κ2) is 8.03. The average molecular weight is 365 g/mol. The molecule has 27 heavy (non-hydrogen) atoms. The Bertz CT molecular complexity index is 898. The van der Waals surface area contributed by atoms with Gasteiger partial charge in [-0.1, -0.05) is 53.7 Å². The van der Waals surface area contributed by atoms with Gasteiger partial charge in [0.1, 0.15) is 5.60 Å². The van der Waals surface area contributed by atoms with E-state index in [1.807, 2.05) is 75.4 Å². The first-order valence-electron chi connectivity index (χ1n) is 8.87. The Labute approximate surface area is 158 Å². The molecule has 3 rings (SSSR count). The minimum Gasteiger partial charge on any atom is -0.444 e. The van der Waals surface area contributed by atoms with E-state index in [-0.39, 0.29) is 0 Å². The van der Waals surface area contributed by atoms with E-state index < -0.39 is 11.7 Å². The highest BCUT2D eigenvalue weighted by Gasteiger charge is 2.17. The number of anilines is 1. The van der Waals surface area contributed by atoms with Gasteiger partial charge in [0.25, 0.3) is 0 Å². The molecule has 2 aromatic carbocycles. The van der Waals surface area contributed by atoms with Gasteiger partial charge in [-0.3, -0.25) is 5.32 Å². The summed E-state index contributed by atoms with van der Waals surface area (Å²) in [6.45, 7) is 5.50. The smallest absolute Gasteiger partial charge is 0.412 e. The lowest BCUT2D eigenvalue weighted by atomic mass is 10.1. The second-order valence-electron chi connectivity index (χ2n) is 7.16. The van der Waals surface area contributed by atoms with E-state index in [0.717, 1.165) is 16.8 Å². The number of hydrogen-bond acceptors (Lipinski definition) is 5. The van der Waals surface area contributed by atoms with Gasteiger partial charge in [-0.15, -0.1) is 0 Å². The van der Waals surface area contributed by atoms with Crippen molar-refractivity contribution in [3.8, 4) is 11.4 Å². The molecular formula is C21H23N3O3. The summed E-state index contributed by atoms with van der Waals surface area (Å²) in [6.07, 6.45) is 0.758. The molecule has 1 heterocycles. The van der Waals surface area contributed by atoms with Crippen molar-refractivity contribution in [3.63, 3.8) is 0 Å². The number of hydrogen-bond donors (Lipinski definition) is 1. The molecule has 0 atom stereocenters. The average Bonchev–Trinajstić information content (AvgIpc) is 3.09. The van der Waals surface area contributed by atoms with Crippen LogP contribution in [0.1, 0.15) is 32.2 Å². The van der Waals surface area contributed by atoms with Crippen LogP contribution < -0.4 is 5.32 Å². The number of nitrogens with zero attached hydrogens (tertiary/aromatic N) is 2. The van der Waals surface area contributed by atoms with E-state index >= 15 is 0 Å². The van der Waals surface area contributed by atoms with Crippen LogP contribution in [-0.2, 0) is 17.6 Å². The van der Waals surface area contributed by atoms with Gasteiger partial charge < -0.3 is 9.26 Å². The molecule has 6 heteroatoms. The van der Waals surface area contributed by atoms with Crippen LogP contribution >= 0.6 is 0 Å². The summed E-state index contributed by atoms with van der Waals surface area (Å²) in [5.41, 5.74) is 2.06. The van der Waals surface area contributed by atoms with Crippen LogP contribution in [0, 0.1) is 0 Å². The lowest BCUT2D eigenvalue weighted by molar-refractivity contribution is 0.0636. The predicted octanol–water partition coefficient (Wildman–Crippen LogP) is 4.87. The summed E-state index contributed by atoms with van der Waals surface area (Å²) in [6, 6.07) is 17.3. The van der Waals surface area contributed by atoms with Crippen molar-refractivity contribution < 1.29 is 14.1 Å². The number of carbonyl (C=O) groups is 1. The number of carbonyl (C=O) groups excluding carboxylic acids is 1. The highest BCUT2D eigenvalue weighted by atomic mass is 16.6. The number of rotatable bonds is 5. The molecule has 0 aliphatic carbocycles. The van der Waals surface area contributed by atoms with Crippen LogP contribution in [0.25, 0.3) is 11.4 Å². The van der Waals surface area contributed by atoms with Crippen LogP contribution in [0.4, 0.5) is 10.5 Å². The van der Waals surface area contributed by atoms with Gasteiger partial charge in [0.2, 0.25) is 11.7 Å². The fraction of sp³-hybridized carbons (Fsp3) is 0.286. The minimum atomic E-state index is -0.545. The lowest BCUT2D eigenvalue weighted by Crippen LogP contribution is -2.27. The van der Waals surface area contributed by atoms with Crippen molar-refractivity contribution in [2.45, 2.75) is 39.2 Å². The molecule has 0 aliphatic heterocycles. The monoisotopic (exact) mass is 365 g/mol. The molecule has 0 saturated heterocycles. The van der Waals surface area contributed by atoms with Crippen molar-refractivity contribution in [2.24, 2.45) is 0 Å². The third kappa shape index (κ3) is 5.41. The van der Waals surface area contributed by atoms with E-state index in [4.69, 9.17) is 9.26 Å². The molecule has 0 unspecified atom stereocenters. The van der Waals surface area contributed by atoms with Crippen LogP contribution in [0.15, 0.2) is 59.1 Å². The van der Waals surface area contributed by atoms with Crippen LogP contribution in [0.2, 0.25) is 0 Å². The molecule has 0 bridgehead atoms. The summed E-state index contributed by atoms with van der Waals surface area (Å²) in [5, 5.41) is 6.84. The van der Waals surface area contributed by atoms with Crippen LogP contribution in [-0.4, -0.2) is 21.8 Å². The standard InChI is InChI=1S/C21H23N3O3/c1-21(2,3)26-20(25)22-17-12-8-7-9-15(17)13-14-18-23-19(24-27-18)16-10-5-4-6-11-16/h4-12H,13-14H2,1-3H3,(H,22,25). The number of benzene rings is 2. The van der Waals surface area contributed by atoms with Crippen LogP contribution in [0.5, 0.6) is 0 Å². The zero-order chi connectivity index (χ0) is 19.3. The Morgan fingerprint density at radius 1 is 1.04 bits per heavy atom. The van der Waals surface area contributed by atoms with Gasteiger partial charge in [0, 0.05) is 17.7 Å². The molecule has 1 aromatic heterocycles.